The Hall–Kier alpha value is -2.43. The van der Waals surface area contributed by atoms with Crippen molar-refractivity contribution in [1.29, 1.82) is 0 Å². The van der Waals surface area contributed by atoms with E-state index in [1.165, 1.54) is 21.9 Å². The van der Waals surface area contributed by atoms with Crippen LogP contribution in [0.3, 0.4) is 0 Å². The van der Waals surface area contributed by atoms with Crippen LogP contribution in [0.4, 0.5) is 0 Å². The summed E-state index contributed by atoms with van der Waals surface area (Å²) in [6.45, 7) is 7.27. The summed E-state index contributed by atoms with van der Waals surface area (Å²) in [7, 11) is 0. The minimum Gasteiger partial charge on any atom is -0.393 e. The maximum atomic E-state index is 8.56. The second-order valence-corrected chi connectivity index (χ2v) is 7.94. The van der Waals surface area contributed by atoms with Gasteiger partial charge in [0.1, 0.15) is 0 Å². The molecule has 0 amide bonds. The van der Waals surface area contributed by atoms with Crippen LogP contribution in [0.25, 0.3) is 33.2 Å². The molecule has 2 atom stereocenters. The molecule has 0 fully saturated rings. The molecule has 4 rings (SSSR count). The van der Waals surface area contributed by atoms with E-state index in [-0.39, 0.29) is 32.3 Å². The fourth-order valence-corrected chi connectivity index (χ4v) is 3.49. The van der Waals surface area contributed by atoms with Gasteiger partial charge in [0, 0.05) is 37.7 Å². The molecule has 5 heteroatoms. The van der Waals surface area contributed by atoms with E-state index in [0.29, 0.717) is 6.42 Å². The van der Waals surface area contributed by atoms with E-state index in [2.05, 4.69) is 64.6 Å². The van der Waals surface area contributed by atoms with Gasteiger partial charge in [0.05, 0.1) is 17.9 Å². The molecule has 0 aliphatic heterocycles. The quantitative estimate of drug-likeness (QED) is 0.301. The first-order chi connectivity index (χ1) is 14.8. The average Bonchev–Trinajstić information content (AvgIpc) is 2.73. The normalized spacial score (nSPS) is 12.3. The molecule has 1 heterocycles. The molecule has 0 spiro atoms. The standard InChI is InChI=1S/C22H17N2.C5H12O2.Ir/c1-15-14-23-22(16(2)24-15)21-11-10-19-12-18(8-9-20(19)13-21)17-6-4-3-5-7-17;1-4(6)3-5(2)7;/h3-10,12-14H,1-2H3;4-7H,3H2,1-2H3;/q-1;;. The first-order valence-electron chi connectivity index (χ1n) is 10.5. The topological polar surface area (TPSA) is 66.2 Å². The fraction of sp³-hybridized carbons (Fsp3) is 0.259. The van der Waals surface area contributed by atoms with Gasteiger partial charge in [0.25, 0.3) is 0 Å². The number of aliphatic hydroxyl groups excluding tert-OH is 2. The summed E-state index contributed by atoms with van der Waals surface area (Å²) in [6.07, 6.45) is 1.53. The Bertz CT molecular complexity index is 1140. The molecule has 0 aliphatic carbocycles. The first kappa shape index (κ1) is 25.8. The third-order valence-corrected chi connectivity index (χ3v) is 4.88. The summed E-state index contributed by atoms with van der Waals surface area (Å²) >= 11 is 0. The van der Waals surface area contributed by atoms with Gasteiger partial charge in [-0.25, -0.2) is 0 Å². The second kappa shape index (κ2) is 12.0. The maximum Gasteiger partial charge on any atom is 0.0539 e. The van der Waals surface area contributed by atoms with Crippen LogP contribution in [0.2, 0.25) is 0 Å². The molecule has 0 saturated heterocycles. The van der Waals surface area contributed by atoms with Gasteiger partial charge >= 0.3 is 0 Å². The van der Waals surface area contributed by atoms with Crippen molar-refractivity contribution < 1.29 is 30.3 Å². The minimum atomic E-state index is -0.375. The van der Waals surface area contributed by atoms with Crippen molar-refractivity contribution in [1.82, 2.24) is 9.97 Å². The van der Waals surface area contributed by atoms with Crippen molar-refractivity contribution in [3.8, 4) is 22.4 Å². The van der Waals surface area contributed by atoms with Crippen molar-refractivity contribution in [2.75, 3.05) is 0 Å². The average molecular weight is 606 g/mol. The van der Waals surface area contributed by atoms with Gasteiger partial charge in [-0.15, -0.1) is 29.1 Å². The fourth-order valence-electron chi connectivity index (χ4n) is 3.49. The molecule has 169 valence electrons. The van der Waals surface area contributed by atoms with E-state index in [9.17, 15) is 0 Å². The van der Waals surface area contributed by atoms with Crippen LogP contribution in [-0.2, 0) is 20.1 Å². The van der Waals surface area contributed by atoms with E-state index in [4.69, 9.17) is 10.2 Å². The van der Waals surface area contributed by atoms with Crippen molar-refractivity contribution in [3.63, 3.8) is 0 Å². The number of aromatic nitrogens is 2. The summed E-state index contributed by atoms with van der Waals surface area (Å²) in [5.74, 6) is 0. The smallest absolute Gasteiger partial charge is 0.0539 e. The molecule has 1 aromatic heterocycles. The molecule has 0 bridgehead atoms. The Morgan fingerprint density at radius 1 is 0.875 bits per heavy atom. The molecule has 32 heavy (non-hydrogen) atoms. The molecule has 4 nitrogen and oxygen atoms in total. The van der Waals surface area contributed by atoms with Gasteiger partial charge in [-0.1, -0.05) is 53.9 Å². The number of nitrogens with zero attached hydrogens (tertiary/aromatic N) is 2. The Balaban J connectivity index is 0.000000398. The van der Waals surface area contributed by atoms with E-state index in [1.54, 1.807) is 20.0 Å². The molecular formula is C27H29IrN2O2-. The number of aryl methyl sites for hydroxylation is 2. The van der Waals surface area contributed by atoms with Crippen LogP contribution >= 0.6 is 0 Å². The Kier molecular flexibility index (Phi) is 9.67. The SMILES string of the molecule is CC(O)CC(C)O.Cc1cnc(-c2[c-]cc3cc(-c4ccccc4)ccc3c2)c(C)n1.[Ir]. The van der Waals surface area contributed by atoms with E-state index >= 15 is 0 Å². The summed E-state index contributed by atoms with van der Waals surface area (Å²) in [6, 6.07) is 24.5. The Morgan fingerprint density at radius 3 is 2.16 bits per heavy atom. The van der Waals surface area contributed by atoms with Crippen LogP contribution in [0, 0.1) is 19.9 Å². The van der Waals surface area contributed by atoms with Crippen molar-refractivity contribution in [2.24, 2.45) is 0 Å². The molecule has 3 aromatic carbocycles. The maximum absolute atomic E-state index is 8.56. The number of hydrogen-bond acceptors (Lipinski definition) is 4. The number of aliphatic hydroxyl groups is 2. The molecular weight excluding hydrogens is 577 g/mol. The Morgan fingerprint density at radius 2 is 1.56 bits per heavy atom. The third kappa shape index (κ3) is 7.04. The van der Waals surface area contributed by atoms with Crippen molar-refractivity contribution in [3.05, 3.63) is 84.3 Å². The van der Waals surface area contributed by atoms with E-state index in [0.717, 1.165) is 22.6 Å². The third-order valence-electron chi connectivity index (χ3n) is 4.88. The zero-order chi connectivity index (χ0) is 22.4. The molecule has 4 aromatic rings. The number of fused-ring (bicyclic) bond motifs is 1. The molecule has 2 N–H and O–H groups in total. The van der Waals surface area contributed by atoms with Crippen LogP contribution < -0.4 is 0 Å². The summed E-state index contributed by atoms with van der Waals surface area (Å²) in [5, 5.41) is 19.5. The van der Waals surface area contributed by atoms with Gasteiger partial charge in [-0.2, -0.15) is 0 Å². The van der Waals surface area contributed by atoms with Gasteiger partial charge < -0.3 is 15.2 Å². The first-order valence-corrected chi connectivity index (χ1v) is 10.5. The zero-order valence-corrected chi connectivity index (χ0v) is 21.2. The largest absolute Gasteiger partial charge is 0.393 e. The summed E-state index contributed by atoms with van der Waals surface area (Å²) in [5.41, 5.74) is 6.20. The van der Waals surface area contributed by atoms with Crippen LogP contribution in [0.5, 0.6) is 0 Å². The van der Waals surface area contributed by atoms with Crippen LogP contribution in [-0.4, -0.2) is 32.4 Å². The number of hydrogen-bond donors (Lipinski definition) is 2. The van der Waals surface area contributed by atoms with Crippen LogP contribution in [0.15, 0.2) is 66.9 Å². The van der Waals surface area contributed by atoms with Gasteiger partial charge in [-0.3, -0.25) is 4.98 Å². The monoisotopic (exact) mass is 606 g/mol. The summed E-state index contributed by atoms with van der Waals surface area (Å²) < 4.78 is 0. The zero-order valence-electron chi connectivity index (χ0n) is 18.8. The molecule has 0 aliphatic rings. The number of rotatable bonds is 4. The van der Waals surface area contributed by atoms with Gasteiger partial charge in [0.15, 0.2) is 0 Å². The number of benzene rings is 3. The van der Waals surface area contributed by atoms with Gasteiger partial charge in [0.2, 0.25) is 0 Å². The van der Waals surface area contributed by atoms with Gasteiger partial charge in [-0.05, 0) is 45.2 Å². The molecule has 2 unspecified atom stereocenters. The van der Waals surface area contributed by atoms with Crippen molar-refractivity contribution in [2.45, 2.75) is 46.3 Å². The molecule has 0 saturated carbocycles. The predicted molar refractivity (Wildman–Crippen MR) is 127 cm³/mol. The van der Waals surface area contributed by atoms with Crippen molar-refractivity contribution >= 4 is 10.8 Å². The predicted octanol–water partition coefficient (Wildman–Crippen LogP) is 5.52. The Labute approximate surface area is 203 Å². The second-order valence-electron chi connectivity index (χ2n) is 7.94. The van der Waals surface area contributed by atoms with E-state index in [1.807, 2.05) is 26.0 Å². The minimum absolute atomic E-state index is 0. The molecule has 1 radical (unpaired) electrons. The summed E-state index contributed by atoms with van der Waals surface area (Å²) in [4.78, 5) is 9.03. The van der Waals surface area contributed by atoms with E-state index < -0.39 is 0 Å². The van der Waals surface area contributed by atoms with Crippen LogP contribution in [0.1, 0.15) is 31.7 Å².